The summed E-state index contributed by atoms with van der Waals surface area (Å²) >= 11 is 0. The van der Waals surface area contributed by atoms with E-state index >= 15 is 0 Å². The van der Waals surface area contributed by atoms with Gasteiger partial charge in [0.05, 0.1) is 6.20 Å². The second kappa shape index (κ2) is 3.77. The molecule has 0 amide bonds. The first-order valence-corrected chi connectivity index (χ1v) is 5.04. The molecule has 0 bridgehead atoms. The molecule has 1 aromatic heterocycles. The monoisotopic (exact) mass is 202 g/mol. The van der Waals surface area contributed by atoms with Gasteiger partial charge in [-0.25, -0.2) is 0 Å². The lowest BCUT2D eigenvalue weighted by Gasteiger charge is -2.08. The van der Waals surface area contributed by atoms with Gasteiger partial charge in [-0.3, -0.25) is 4.68 Å². The summed E-state index contributed by atoms with van der Waals surface area (Å²) in [6.07, 6.45) is 1.49. The quantitative estimate of drug-likeness (QED) is 0.812. The lowest BCUT2D eigenvalue weighted by molar-refractivity contribution is 0.476. The molecule has 1 heterocycles. The number of hydrogen-bond donors (Lipinski definition) is 1. The number of aromatic nitrogens is 2. The molecule has 0 aliphatic rings. The lowest BCUT2D eigenvalue weighted by Crippen LogP contribution is -1.99. The Bertz CT molecular complexity index is 474. The van der Waals surface area contributed by atoms with Crippen LogP contribution in [0.4, 0.5) is 0 Å². The second-order valence-electron chi connectivity index (χ2n) is 3.51. The molecule has 0 aliphatic heterocycles. The van der Waals surface area contributed by atoms with E-state index in [0.717, 1.165) is 23.4 Å². The maximum atomic E-state index is 9.76. The van der Waals surface area contributed by atoms with E-state index in [2.05, 4.69) is 5.10 Å². The van der Waals surface area contributed by atoms with E-state index in [9.17, 15) is 5.11 Å². The van der Waals surface area contributed by atoms with Crippen molar-refractivity contribution in [1.29, 1.82) is 0 Å². The van der Waals surface area contributed by atoms with Crippen LogP contribution < -0.4 is 0 Å². The van der Waals surface area contributed by atoms with Gasteiger partial charge in [-0.05, 0) is 19.4 Å². The molecule has 0 fully saturated rings. The van der Waals surface area contributed by atoms with Crippen molar-refractivity contribution in [1.82, 2.24) is 9.78 Å². The fourth-order valence-electron chi connectivity index (χ4n) is 1.73. The van der Waals surface area contributed by atoms with Gasteiger partial charge in [0.2, 0.25) is 0 Å². The van der Waals surface area contributed by atoms with E-state index < -0.39 is 0 Å². The van der Waals surface area contributed by atoms with Crippen LogP contribution in [0.15, 0.2) is 30.5 Å². The van der Waals surface area contributed by atoms with Crippen molar-refractivity contribution in [2.75, 3.05) is 0 Å². The molecule has 78 valence electrons. The van der Waals surface area contributed by atoms with E-state index in [1.165, 1.54) is 6.20 Å². The molecule has 1 aromatic carbocycles. The highest BCUT2D eigenvalue weighted by atomic mass is 16.3. The standard InChI is InChI=1S/C12H14N2O/c1-3-14-12(11(15)8-13-14)10-7-5-4-6-9(10)2/h4-8,15H,3H2,1-2H3. The summed E-state index contributed by atoms with van der Waals surface area (Å²) in [6, 6.07) is 7.98. The van der Waals surface area contributed by atoms with E-state index in [-0.39, 0.29) is 5.75 Å². The largest absolute Gasteiger partial charge is 0.504 e. The summed E-state index contributed by atoms with van der Waals surface area (Å²) in [5.74, 6) is 0.242. The van der Waals surface area contributed by atoms with E-state index in [0.29, 0.717) is 0 Å². The highest BCUT2D eigenvalue weighted by molar-refractivity contribution is 5.69. The average Bonchev–Trinajstić information content (AvgIpc) is 2.60. The van der Waals surface area contributed by atoms with Crippen molar-refractivity contribution in [2.45, 2.75) is 20.4 Å². The summed E-state index contributed by atoms with van der Waals surface area (Å²) in [5.41, 5.74) is 2.98. The smallest absolute Gasteiger partial charge is 0.161 e. The Hall–Kier alpha value is -1.77. The highest BCUT2D eigenvalue weighted by Crippen LogP contribution is 2.30. The zero-order valence-corrected chi connectivity index (χ0v) is 8.94. The molecule has 0 saturated carbocycles. The van der Waals surface area contributed by atoms with Gasteiger partial charge >= 0.3 is 0 Å². The normalized spacial score (nSPS) is 10.5. The molecule has 3 heteroatoms. The summed E-state index contributed by atoms with van der Waals surface area (Å²) in [5, 5.41) is 13.9. The van der Waals surface area contributed by atoms with Crippen LogP contribution in [0.25, 0.3) is 11.3 Å². The Morgan fingerprint density at radius 3 is 2.73 bits per heavy atom. The molecule has 0 aliphatic carbocycles. The van der Waals surface area contributed by atoms with Crippen molar-refractivity contribution < 1.29 is 5.11 Å². The van der Waals surface area contributed by atoms with Gasteiger partial charge < -0.3 is 5.11 Å². The predicted molar refractivity (Wildman–Crippen MR) is 59.7 cm³/mol. The van der Waals surface area contributed by atoms with Crippen molar-refractivity contribution in [3.05, 3.63) is 36.0 Å². The van der Waals surface area contributed by atoms with Gasteiger partial charge in [0.15, 0.2) is 5.75 Å². The number of hydrogen-bond acceptors (Lipinski definition) is 2. The molecule has 0 saturated heterocycles. The summed E-state index contributed by atoms with van der Waals surface area (Å²) < 4.78 is 1.80. The third-order valence-electron chi connectivity index (χ3n) is 2.52. The Kier molecular flexibility index (Phi) is 2.46. The van der Waals surface area contributed by atoms with Crippen molar-refractivity contribution >= 4 is 0 Å². The molecule has 0 radical (unpaired) electrons. The van der Waals surface area contributed by atoms with Crippen LogP contribution >= 0.6 is 0 Å². The van der Waals surface area contributed by atoms with E-state index in [4.69, 9.17) is 0 Å². The molecule has 1 N–H and O–H groups in total. The SMILES string of the molecule is CCn1ncc(O)c1-c1ccccc1C. The minimum atomic E-state index is 0.242. The lowest BCUT2D eigenvalue weighted by atomic mass is 10.1. The minimum absolute atomic E-state index is 0.242. The molecule has 15 heavy (non-hydrogen) atoms. The number of aryl methyl sites for hydroxylation is 2. The van der Waals surface area contributed by atoms with Crippen molar-refractivity contribution in [3.63, 3.8) is 0 Å². The Morgan fingerprint density at radius 1 is 1.33 bits per heavy atom. The fraction of sp³-hybridized carbons (Fsp3) is 0.250. The van der Waals surface area contributed by atoms with Gasteiger partial charge in [0.25, 0.3) is 0 Å². The van der Waals surface area contributed by atoms with Crippen molar-refractivity contribution in [2.24, 2.45) is 0 Å². The topological polar surface area (TPSA) is 38.0 Å². The summed E-state index contributed by atoms with van der Waals surface area (Å²) in [6.45, 7) is 4.79. The minimum Gasteiger partial charge on any atom is -0.504 e. The van der Waals surface area contributed by atoms with Crippen LogP contribution in [-0.2, 0) is 6.54 Å². The van der Waals surface area contributed by atoms with E-state index in [1.54, 1.807) is 4.68 Å². The predicted octanol–water partition coefficient (Wildman–Crippen LogP) is 2.58. The third kappa shape index (κ3) is 1.61. The Labute approximate surface area is 89.0 Å². The van der Waals surface area contributed by atoms with Gasteiger partial charge in [0, 0.05) is 12.1 Å². The van der Waals surface area contributed by atoms with Crippen molar-refractivity contribution in [3.8, 4) is 17.0 Å². The summed E-state index contributed by atoms with van der Waals surface area (Å²) in [4.78, 5) is 0. The number of aromatic hydroxyl groups is 1. The van der Waals surface area contributed by atoms with Gasteiger partial charge in [-0.1, -0.05) is 24.3 Å². The second-order valence-corrected chi connectivity index (χ2v) is 3.51. The maximum Gasteiger partial charge on any atom is 0.161 e. The maximum absolute atomic E-state index is 9.76. The molecule has 3 nitrogen and oxygen atoms in total. The van der Waals surface area contributed by atoms with E-state index in [1.807, 2.05) is 38.1 Å². The van der Waals surface area contributed by atoms with Gasteiger partial charge in [0.1, 0.15) is 5.69 Å². The summed E-state index contributed by atoms with van der Waals surface area (Å²) in [7, 11) is 0. The van der Waals surface area contributed by atoms with Gasteiger partial charge in [-0.15, -0.1) is 0 Å². The van der Waals surface area contributed by atoms with Crippen LogP contribution in [-0.4, -0.2) is 14.9 Å². The first-order chi connectivity index (χ1) is 7.24. The number of benzene rings is 1. The highest BCUT2D eigenvalue weighted by Gasteiger charge is 2.12. The van der Waals surface area contributed by atoms with Crippen LogP contribution in [0.2, 0.25) is 0 Å². The van der Waals surface area contributed by atoms with Crippen LogP contribution in [0.5, 0.6) is 5.75 Å². The Morgan fingerprint density at radius 2 is 2.07 bits per heavy atom. The fourth-order valence-corrected chi connectivity index (χ4v) is 1.73. The zero-order valence-electron chi connectivity index (χ0n) is 8.94. The number of nitrogens with zero attached hydrogens (tertiary/aromatic N) is 2. The van der Waals surface area contributed by atoms with Crippen LogP contribution in [0.3, 0.4) is 0 Å². The molecule has 0 spiro atoms. The van der Waals surface area contributed by atoms with Crippen LogP contribution in [0, 0.1) is 6.92 Å². The Balaban J connectivity index is 2.63. The van der Waals surface area contributed by atoms with Crippen LogP contribution in [0.1, 0.15) is 12.5 Å². The molecule has 0 unspecified atom stereocenters. The van der Waals surface area contributed by atoms with Gasteiger partial charge in [-0.2, -0.15) is 5.10 Å². The first-order valence-electron chi connectivity index (χ1n) is 5.04. The molecular formula is C12H14N2O. The number of rotatable bonds is 2. The third-order valence-corrected chi connectivity index (χ3v) is 2.52. The zero-order chi connectivity index (χ0) is 10.8. The molecule has 2 rings (SSSR count). The molecule has 2 aromatic rings. The molecular weight excluding hydrogens is 188 g/mol. The molecule has 0 atom stereocenters. The average molecular weight is 202 g/mol. The first kappa shape index (κ1) is 9.77.